The molecule has 0 bridgehead atoms. The van der Waals surface area contributed by atoms with E-state index >= 15 is 0 Å². The van der Waals surface area contributed by atoms with Crippen LogP contribution in [0.1, 0.15) is 297 Å². The number of ether oxygens (including phenoxy) is 4. The van der Waals surface area contributed by atoms with Crippen molar-refractivity contribution in [2.24, 2.45) is 0 Å². The Morgan fingerprint density at radius 2 is 0.571 bits per heavy atom. The molecule has 0 saturated heterocycles. The molecule has 0 aromatic heterocycles. The average Bonchev–Trinajstić information content (AvgIpc) is 1.00. The number of aliphatic hydroxyl groups is 1. The minimum absolute atomic E-state index is 0.0704. The van der Waals surface area contributed by atoms with Crippen molar-refractivity contribution in [1.82, 2.24) is 0 Å². The van der Waals surface area contributed by atoms with Crippen LogP contribution in [0.3, 0.4) is 0 Å². The second-order valence-electron chi connectivity index (χ2n) is 24.9. The first-order chi connectivity index (χ1) is 47.7. The Balaban J connectivity index is 5.39. The molecule has 0 aliphatic carbocycles. The molecule has 19 heteroatoms. The Labute approximate surface area is 593 Å². The Kier molecular flexibility index (Phi) is 67.6. The summed E-state index contributed by atoms with van der Waals surface area (Å²) in [6.45, 7) is 4.49. The summed E-state index contributed by atoms with van der Waals surface area (Å²) in [6, 6.07) is 0. The van der Waals surface area contributed by atoms with Crippen LogP contribution in [0.25, 0.3) is 0 Å². The minimum atomic E-state index is -4.99. The third-order valence-corrected chi connectivity index (χ3v) is 17.4. The normalized spacial score (nSPS) is 14.6. The molecular formula is C79H134O17P2. The number of carbonyl (C=O) groups excluding carboxylic acids is 4. The molecule has 562 valence electrons. The van der Waals surface area contributed by atoms with Gasteiger partial charge in [0, 0.05) is 19.3 Å². The van der Waals surface area contributed by atoms with Gasteiger partial charge in [-0.3, -0.25) is 37.3 Å². The van der Waals surface area contributed by atoms with E-state index in [1.807, 2.05) is 18.2 Å². The molecule has 0 aromatic carbocycles. The van der Waals surface area contributed by atoms with Crippen molar-refractivity contribution in [3.05, 3.63) is 122 Å². The van der Waals surface area contributed by atoms with Crippen molar-refractivity contribution < 1.29 is 80.2 Å². The third kappa shape index (κ3) is 69.9. The maximum absolute atomic E-state index is 13.1. The lowest BCUT2D eigenvalue weighted by atomic mass is 10.0. The summed E-state index contributed by atoms with van der Waals surface area (Å²) in [5.41, 5.74) is 0. The van der Waals surface area contributed by atoms with Crippen molar-refractivity contribution >= 4 is 39.5 Å². The lowest BCUT2D eigenvalue weighted by Gasteiger charge is -2.21. The van der Waals surface area contributed by atoms with E-state index in [1.165, 1.54) is 89.9 Å². The van der Waals surface area contributed by atoms with Gasteiger partial charge in [0.15, 0.2) is 12.2 Å². The van der Waals surface area contributed by atoms with Gasteiger partial charge in [0.1, 0.15) is 19.3 Å². The highest BCUT2D eigenvalue weighted by Crippen LogP contribution is 2.45. The van der Waals surface area contributed by atoms with Gasteiger partial charge in [0.25, 0.3) is 0 Å². The van der Waals surface area contributed by atoms with Gasteiger partial charge in [0.2, 0.25) is 0 Å². The summed E-state index contributed by atoms with van der Waals surface area (Å²) in [6.07, 6.45) is 76.6. The highest BCUT2D eigenvalue weighted by Gasteiger charge is 2.30. The first kappa shape index (κ1) is 93.5. The van der Waals surface area contributed by atoms with E-state index in [0.29, 0.717) is 25.7 Å². The van der Waals surface area contributed by atoms with Crippen molar-refractivity contribution in [3.8, 4) is 0 Å². The van der Waals surface area contributed by atoms with Gasteiger partial charge < -0.3 is 33.8 Å². The summed E-state index contributed by atoms with van der Waals surface area (Å²) >= 11 is 0. The first-order valence-electron chi connectivity index (χ1n) is 37.8. The van der Waals surface area contributed by atoms with Gasteiger partial charge in [0.05, 0.1) is 32.8 Å². The SMILES string of the molecule is CC/C=C\C/C=C\C/C=C\C/C=C\C/C=C\CCCCCC(=O)OCC(COP(=O)(O)OCC(O)COP(=O)(O)OCC(COC(=O)C/C=C\C/C=C\C/C=C\C/C=C\C/C=C\CC)OC(=O)CCCCCCCCCCCCCCC)OC(=O)CCCCCCCCCCCCC. The molecule has 5 unspecified atom stereocenters. The number of hydrogen-bond acceptors (Lipinski definition) is 15. The number of unbranched alkanes of at least 4 members (excludes halogenated alkanes) is 25. The van der Waals surface area contributed by atoms with Crippen molar-refractivity contribution in [1.29, 1.82) is 0 Å². The first-order valence-corrected chi connectivity index (χ1v) is 40.8. The molecule has 17 nitrogen and oxygen atoms in total. The van der Waals surface area contributed by atoms with Crippen LogP contribution in [0.4, 0.5) is 0 Å². The third-order valence-electron chi connectivity index (χ3n) is 15.5. The molecule has 0 aliphatic heterocycles. The maximum atomic E-state index is 13.1. The molecule has 0 heterocycles. The van der Waals surface area contributed by atoms with E-state index in [1.54, 1.807) is 6.08 Å². The number of carbonyl (C=O) groups is 4. The van der Waals surface area contributed by atoms with E-state index in [4.69, 9.17) is 37.0 Å². The second kappa shape index (κ2) is 70.9. The van der Waals surface area contributed by atoms with E-state index < -0.39 is 97.5 Å². The maximum Gasteiger partial charge on any atom is 0.472 e. The number of rotatable bonds is 70. The summed E-state index contributed by atoms with van der Waals surface area (Å²) in [7, 11) is -9.97. The Morgan fingerprint density at radius 3 is 0.908 bits per heavy atom. The van der Waals surface area contributed by atoms with Crippen molar-refractivity contribution in [2.45, 2.75) is 316 Å². The number of esters is 4. The predicted octanol–water partition coefficient (Wildman–Crippen LogP) is 21.6. The minimum Gasteiger partial charge on any atom is -0.462 e. The molecule has 0 amide bonds. The van der Waals surface area contributed by atoms with Crippen LogP contribution in [0, 0.1) is 0 Å². The van der Waals surface area contributed by atoms with Crippen LogP contribution in [0.5, 0.6) is 0 Å². The summed E-state index contributed by atoms with van der Waals surface area (Å²) in [5, 5.41) is 10.6. The zero-order valence-electron chi connectivity index (χ0n) is 61.2. The highest BCUT2D eigenvalue weighted by atomic mass is 31.2. The largest absolute Gasteiger partial charge is 0.472 e. The van der Waals surface area contributed by atoms with E-state index in [9.17, 15) is 43.2 Å². The fraction of sp³-hybridized carbons (Fsp3) is 0.696. The quantitative estimate of drug-likeness (QED) is 0.0169. The monoisotopic (exact) mass is 1420 g/mol. The Hall–Kier alpha value is -4.54. The topological polar surface area (TPSA) is 237 Å². The number of hydrogen-bond donors (Lipinski definition) is 3. The molecular weight excluding hydrogens is 1280 g/mol. The van der Waals surface area contributed by atoms with Gasteiger partial charge in [-0.1, -0.05) is 297 Å². The van der Waals surface area contributed by atoms with E-state index in [2.05, 4.69) is 125 Å². The molecule has 0 aliphatic rings. The van der Waals surface area contributed by atoms with Gasteiger partial charge in [-0.05, 0) is 96.3 Å². The Bertz CT molecular complexity index is 2340. The summed E-state index contributed by atoms with van der Waals surface area (Å²) < 4.78 is 68.2. The highest BCUT2D eigenvalue weighted by molar-refractivity contribution is 7.47. The molecule has 0 spiro atoms. The molecule has 0 radical (unpaired) electrons. The molecule has 3 N–H and O–H groups in total. The molecule has 0 rings (SSSR count). The summed E-state index contributed by atoms with van der Waals surface area (Å²) in [5.74, 6) is -2.35. The van der Waals surface area contributed by atoms with Gasteiger partial charge in [-0.2, -0.15) is 0 Å². The van der Waals surface area contributed by atoms with E-state index in [0.717, 1.165) is 128 Å². The lowest BCUT2D eigenvalue weighted by Crippen LogP contribution is -2.30. The van der Waals surface area contributed by atoms with E-state index in [-0.39, 0.29) is 25.7 Å². The fourth-order valence-corrected chi connectivity index (χ4v) is 11.4. The van der Waals surface area contributed by atoms with Crippen LogP contribution in [-0.2, 0) is 65.4 Å². The number of allylic oxidation sites excluding steroid dienone is 19. The molecule has 98 heavy (non-hydrogen) atoms. The van der Waals surface area contributed by atoms with Crippen molar-refractivity contribution in [2.75, 3.05) is 39.6 Å². The number of aliphatic hydroxyl groups excluding tert-OH is 1. The van der Waals surface area contributed by atoms with Crippen LogP contribution in [0.15, 0.2) is 122 Å². The van der Waals surface area contributed by atoms with Gasteiger partial charge in [-0.25, -0.2) is 9.13 Å². The molecule has 5 atom stereocenters. The molecule has 0 fully saturated rings. The lowest BCUT2D eigenvalue weighted by molar-refractivity contribution is -0.161. The number of phosphoric ester groups is 2. The van der Waals surface area contributed by atoms with Crippen molar-refractivity contribution in [3.63, 3.8) is 0 Å². The standard InChI is InChI=1S/C79H134O17P2/c1-5-9-13-17-21-25-29-32-34-35-36-37-39-42-45-48-52-56-60-64-77(82)89-69-74(95-78(83)65-61-57-53-49-43-28-24-20-16-12-8-4)71-93-97(85,86)91-67-73(80)68-92-98(87,88)94-72-75(96-79(84)66-62-58-54-50-46-40-31-27-23-19-15-11-7-3)70-90-76(81)63-59-55-51-47-44-41-38-33-30-26-22-18-14-10-6-2/h9-10,13-14,21-22,25-26,32-34,36-38,42,44-45,47,55,59,73-75,80H,5-8,11-12,15-20,23-24,27-31,35,39-41,43,46,48-54,56-58,60-72H2,1-4H3,(H,85,86)(H,87,88)/b13-9-,14-10-,25-21-,26-22-,34-32-,37-36-,38-33-,45-42-,47-44-,59-55-. The Morgan fingerprint density at radius 1 is 0.306 bits per heavy atom. The summed E-state index contributed by atoms with van der Waals surface area (Å²) in [4.78, 5) is 72.7. The van der Waals surface area contributed by atoms with Gasteiger partial charge in [-0.15, -0.1) is 0 Å². The smallest absolute Gasteiger partial charge is 0.462 e. The van der Waals surface area contributed by atoms with Crippen LogP contribution in [-0.4, -0.2) is 96.7 Å². The predicted molar refractivity (Wildman–Crippen MR) is 399 cm³/mol. The van der Waals surface area contributed by atoms with Gasteiger partial charge >= 0.3 is 39.5 Å². The molecule has 0 saturated carbocycles. The average molecular weight is 1420 g/mol. The molecule has 0 aromatic rings. The second-order valence-corrected chi connectivity index (χ2v) is 27.8. The number of phosphoric acid groups is 2. The van der Waals surface area contributed by atoms with Crippen LogP contribution in [0.2, 0.25) is 0 Å². The fourth-order valence-electron chi connectivity index (χ4n) is 9.79. The van der Waals surface area contributed by atoms with Crippen LogP contribution >= 0.6 is 15.6 Å². The zero-order chi connectivity index (χ0) is 71.8. The zero-order valence-corrected chi connectivity index (χ0v) is 63.0. The van der Waals surface area contributed by atoms with Crippen LogP contribution < -0.4 is 0 Å².